The van der Waals surface area contributed by atoms with Gasteiger partial charge in [0.25, 0.3) is 5.91 Å². The molecule has 130 valence electrons. The lowest BCUT2D eigenvalue weighted by Gasteiger charge is -2.10. The lowest BCUT2D eigenvalue weighted by molar-refractivity contribution is -0.119. The highest BCUT2D eigenvalue weighted by Crippen LogP contribution is 2.16. The summed E-state index contributed by atoms with van der Waals surface area (Å²) in [7, 11) is 0. The number of rotatable bonds is 6. The Kier molecular flexibility index (Phi) is 6.47. The van der Waals surface area contributed by atoms with Crippen LogP contribution in [0.2, 0.25) is 5.15 Å². The first-order valence-electron chi connectivity index (χ1n) is 7.36. The van der Waals surface area contributed by atoms with E-state index in [4.69, 9.17) is 21.1 Å². The van der Waals surface area contributed by atoms with Crippen molar-refractivity contribution in [3.05, 3.63) is 58.9 Å². The van der Waals surface area contributed by atoms with Gasteiger partial charge in [-0.1, -0.05) is 23.7 Å². The SMILES string of the molecule is CCOC(=O)c1ccccc1NC(=O)COC(=O)c1ccnc(Cl)c1. The van der Waals surface area contributed by atoms with E-state index >= 15 is 0 Å². The minimum absolute atomic E-state index is 0.141. The van der Waals surface area contributed by atoms with Crippen molar-refractivity contribution in [2.75, 3.05) is 18.5 Å². The van der Waals surface area contributed by atoms with Crippen molar-refractivity contribution >= 4 is 35.1 Å². The van der Waals surface area contributed by atoms with E-state index in [2.05, 4.69) is 10.3 Å². The number of esters is 2. The van der Waals surface area contributed by atoms with Crippen LogP contribution < -0.4 is 5.32 Å². The van der Waals surface area contributed by atoms with Gasteiger partial charge in [0.05, 0.1) is 23.4 Å². The number of amides is 1. The summed E-state index contributed by atoms with van der Waals surface area (Å²) in [6.07, 6.45) is 1.36. The third-order valence-corrected chi connectivity index (χ3v) is 3.20. The fourth-order valence-electron chi connectivity index (χ4n) is 1.91. The summed E-state index contributed by atoms with van der Waals surface area (Å²) in [6, 6.07) is 9.13. The minimum atomic E-state index is -0.710. The number of nitrogens with zero attached hydrogens (tertiary/aromatic N) is 1. The molecule has 25 heavy (non-hydrogen) atoms. The van der Waals surface area contributed by atoms with E-state index < -0.39 is 24.5 Å². The Balaban J connectivity index is 1.97. The molecule has 0 radical (unpaired) electrons. The van der Waals surface area contributed by atoms with Crippen LogP contribution in [0.3, 0.4) is 0 Å². The van der Waals surface area contributed by atoms with Crippen LogP contribution in [0.15, 0.2) is 42.6 Å². The topological polar surface area (TPSA) is 94.6 Å². The number of para-hydroxylation sites is 1. The molecule has 2 rings (SSSR count). The second-order valence-corrected chi connectivity index (χ2v) is 5.14. The molecule has 0 unspecified atom stereocenters. The van der Waals surface area contributed by atoms with Gasteiger partial charge < -0.3 is 14.8 Å². The number of hydrogen-bond acceptors (Lipinski definition) is 6. The highest BCUT2D eigenvalue weighted by atomic mass is 35.5. The maximum atomic E-state index is 12.0. The van der Waals surface area contributed by atoms with Crippen molar-refractivity contribution in [2.45, 2.75) is 6.92 Å². The summed E-state index contributed by atoms with van der Waals surface area (Å²) < 4.78 is 9.83. The van der Waals surface area contributed by atoms with Gasteiger partial charge in [-0.3, -0.25) is 4.79 Å². The number of aromatic nitrogens is 1. The van der Waals surface area contributed by atoms with Gasteiger partial charge in [-0.25, -0.2) is 14.6 Å². The lowest BCUT2D eigenvalue weighted by Crippen LogP contribution is -2.22. The zero-order valence-corrected chi connectivity index (χ0v) is 14.1. The molecule has 0 fully saturated rings. The smallest absolute Gasteiger partial charge is 0.340 e. The molecule has 1 aromatic carbocycles. The number of anilines is 1. The van der Waals surface area contributed by atoms with Gasteiger partial charge in [0.1, 0.15) is 5.15 Å². The molecule has 1 N–H and O–H groups in total. The first-order chi connectivity index (χ1) is 12.0. The van der Waals surface area contributed by atoms with E-state index in [1.165, 1.54) is 24.4 Å². The average Bonchev–Trinajstić information content (AvgIpc) is 2.60. The highest BCUT2D eigenvalue weighted by Gasteiger charge is 2.15. The van der Waals surface area contributed by atoms with E-state index in [1.54, 1.807) is 25.1 Å². The molecule has 0 bridgehead atoms. The third-order valence-electron chi connectivity index (χ3n) is 2.99. The van der Waals surface area contributed by atoms with Crippen LogP contribution in [0, 0.1) is 0 Å². The predicted molar refractivity (Wildman–Crippen MR) is 90.6 cm³/mol. The second kappa shape index (κ2) is 8.79. The fraction of sp³-hybridized carbons (Fsp3) is 0.176. The summed E-state index contributed by atoms with van der Waals surface area (Å²) in [4.78, 5) is 39.4. The van der Waals surface area contributed by atoms with Crippen LogP contribution in [0.5, 0.6) is 0 Å². The van der Waals surface area contributed by atoms with E-state index in [1.807, 2.05) is 0 Å². The van der Waals surface area contributed by atoms with Crippen LogP contribution in [0.4, 0.5) is 5.69 Å². The zero-order valence-electron chi connectivity index (χ0n) is 13.3. The molecule has 7 nitrogen and oxygen atoms in total. The Labute approximate surface area is 148 Å². The van der Waals surface area contributed by atoms with E-state index in [0.717, 1.165) is 0 Å². The van der Waals surface area contributed by atoms with Crippen LogP contribution in [-0.2, 0) is 14.3 Å². The summed E-state index contributed by atoms with van der Waals surface area (Å²) >= 11 is 5.69. The fourth-order valence-corrected chi connectivity index (χ4v) is 2.08. The number of nitrogens with one attached hydrogen (secondary N) is 1. The van der Waals surface area contributed by atoms with E-state index in [0.29, 0.717) is 0 Å². The number of carbonyl (C=O) groups excluding carboxylic acids is 3. The third kappa shape index (κ3) is 5.29. The molecule has 0 aliphatic heterocycles. The molecular formula is C17H15ClN2O5. The van der Waals surface area contributed by atoms with Crippen LogP contribution in [-0.4, -0.2) is 36.0 Å². The number of benzene rings is 1. The van der Waals surface area contributed by atoms with Gasteiger partial charge in [-0.15, -0.1) is 0 Å². The van der Waals surface area contributed by atoms with Gasteiger partial charge in [0.15, 0.2) is 6.61 Å². The first kappa shape index (κ1) is 18.4. The van der Waals surface area contributed by atoms with Crippen molar-refractivity contribution in [2.24, 2.45) is 0 Å². The number of hydrogen-bond donors (Lipinski definition) is 1. The maximum absolute atomic E-state index is 12.0. The van der Waals surface area contributed by atoms with E-state index in [9.17, 15) is 14.4 Å². The van der Waals surface area contributed by atoms with Gasteiger partial charge in [-0.2, -0.15) is 0 Å². The molecule has 1 aromatic heterocycles. The molecule has 0 aliphatic rings. The summed E-state index contributed by atoms with van der Waals surface area (Å²) in [6.45, 7) is 1.38. The number of pyridine rings is 1. The van der Waals surface area contributed by atoms with Crippen LogP contribution >= 0.6 is 11.6 Å². The Morgan fingerprint density at radius 3 is 2.60 bits per heavy atom. The first-order valence-corrected chi connectivity index (χ1v) is 7.73. The number of carbonyl (C=O) groups is 3. The number of ether oxygens (including phenoxy) is 2. The van der Waals surface area contributed by atoms with Crippen LogP contribution in [0.1, 0.15) is 27.6 Å². The molecule has 8 heteroatoms. The van der Waals surface area contributed by atoms with Crippen molar-refractivity contribution < 1.29 is 23.9 Å². The second-order valence-electron chi connectivity index (χ2n) is 4.76. The molecule has 1 heterocycles. The zero-order chi connectivity index (χ0) is 18.2. The van der Waals surface area contributed by atoms with Crippen molar-refractivity contribution in [1.29, 1.82) is 0 Å². The predicted octanol–water partition coefficient (Wildman–Crippen LogP) is 2.71. The maximum Gasteiger partial charge on any atom is 0.340 e. The average molecular weight is 363 g/mol. The summed E-state index contributed by atoms with van der Waals surface area (Å²) in [5, 5.41) is 2.65. The van der Waals surface area contributed by atoms with Crippen molar-refractivity contribution in [1.82, 2.24) is 4.98 Å². The standard InChI is InChI=1S/C17H15ClN2O5/c1-2-24-17(23)12-5-3-4-6-13(12)20-15(21)10-25-16(22)11-7-8-19-14(18)9-11/h3-9H,2,10H2,1H3,(H,20,21). The Morgan fingerprint density at radius 1 is 1.12 bits per heavy atom. The highest BCUT2D eigenvalue weighted by molar-refractivity contribution is 6.29. The Morgan fingerprint density at radius 2 is 1.88 bits per heavy atom. The van der Waals surface area contributed by atoms with Crippen molar-refractivity contribution in [3.63, 3.8) is 0 Å². The van der Waals surface area contributed by atoms with Gasteiger partial charge in [0.2, 0.25) is 0 Å². The minimum Gasteiger partial charge on any atom is -0.462 e. The molecule has 0 saturated heterocycles. The molecule has 2 aromatic rings. The van der Waals surface area contributed by atoms with Crippen molar-refractivity contribution in [3.8, 4) is 0 Å². The van der Waals surface area contributed by atoms with Gasteiger partial charge >= 0.3 is 11.9 Å². The van der Waals surface area contributed by atoms with E-state index in [-0.39, 0.29) is 28.6 Å². The molecule has 1 amide bonds. The summed E-state index contributed by atoms with van der Waals surface area (Å²) in [5.41, 5.74) is 0.665. The molecule has 0 spiro atoms. The normalized spacial score (nSPS) is 10.0. The summed E-state index contributed by atoms with van der Waals surface area (Å²) in [5.74, 6) is -1.86. The Bertz CT molecular complexity index is 794. The quantitative estimate of drug-likeness (QED) is 0.627. The molecule has 0 saturated carbocycles. The van der Waals surface area contributed by atoms with Gasteiger partial charge in [-0.05, 0) is 31.2 Å². The molecule has 0 atom stereocenters. The molecular weight excluding hydrogens is 348 g/mol. The van der Waals surface area contributed by atoms with Crippen LogP contribution in [0.25, 0.3) is 0 Å². The largest absolute Gasteiger partial charge is 0.462 e. The lowest BCUT2D eigenvalue weighted by atomic mass is 10.2. The number of halogens is 1. The Hall–Kier alpha value is -2.93. The monoisotopic (exact) mass is 362 g/mol. The molecule has 0 aliphatic carbocycles. The van der Waals surface area contributed by atoms with Gasteiger partial charge in [0, 0.05) is 6.20 Å².